The number of imide groups is 1. The number of hydroxylamine groups is 3. The summed E-state index contributed by atoms with van der Waals surface area (Å²) in [7, 11) is 0. The zero-order valence-electron chi connectivity index (χ0n) is 9.32. The number of carbonyl (C=O) groups excluding carboxylic acids is 2. The molecule has 0 aromatic heterocycles. The van der Waals surface area contributed by atoms with Crippen LogP contribution in [0.3, 0.4) is 0 Å². The minimum absolute atomic E-state index is 0.207. The molecule has 0 fully saturated rings. The van der Waals surface area contributed by atoms with Gasteiger partial charge in [0.2, 0.25) is 0 Å². The first-order valence-corrected chi connectivity index (χ1v) is 5.06. The van der Waals surface area contributed by atoms with Crippen LogP contribution in [0.15, 0.2) is 24.3 Å². The second-order valence-corrected chi connectivity index (χ2v) is 3.62. The molecule has 1 aromatic carbocycles. The van der Waals surface area contributed by atoms with Gasteiger partial charge >= 0.3 is 0 Å². The maximum Gasteiger partial charge on any atom is 0.287 e. The Morgan fingerprint density at radius 3 is 2.22 bits per heavy atom. The molecule has 1 aliphatic heterocycles. The highest BCUT2D eigenvalue weighted by Crippen LogP contribution is 2.21. The Bertz CT molecular complexity index is 495. The standard InChI is InChI=1S/C10H9N3O5/c1-6(13(16)17)11-18-12-9(14)7-4-2-3-5-8(7)10(12)15/h2-6,11H,1H3. The molecule has 0 radical (unpaired) electrons. The Morgan fingerprint density at radius 2 is 1.78 bits per heavy atom. The Kier molecular flexibility index (Phi) is 3.04. The zero-order valence-corrected chi connectivity index (χ0v) is 9.32. The lowest BCUT2D eigenvalue weighted by Crippen LogP contribution is -2.42. The molecule has 8 nitrogen and oxygen atoms in total. The minimum Gasteiger partial charge on any atom is -0.266 e. The quantitative estimate of drug-likeness (QED) is 0.358. The van der Waals surface area contributed by atoms with E-state index in [1.165, 1.54) is 19.1 Å². The Balaban J connectivity index is 2.12. The van der Waals surface area contributed by atoms with Gasteiger partial charge in [-0.15, -0.1) is 10.5 Å². The molecule has 0 saturated heterocycles. The Labute approximate surface area is 101 Å². The van der Waals surface area contributed by atoms with E-state index in [9.17, 15) is 19.7 Å². The lowest BCUT2D eigenvalue weighted by Gasteiger charge is -2.13. The molecule has 0 aliphatic carbocycles. The molecule has 0 saturated carbocycles. The second-order valence-electron chi connectivity index (χ2n) is 3.62. The van der Waals surface area contributed by atoms with Gasteiger partial charge in [0.1, 0.15) is 0 Å². The van der Waals surface area contributed by atoms with Crippen LogP contribution in [0.25, 0.3) is 0 Å². The van der Waals surface area contributed by atoms with Crippen LogP contribution in [0, 0.1) is 10.1 Å². The van der Waals surface area contributed by atoms with E-state index in [1.807, 2.05) is 5.48 Å². The predicted molar refractivity (Wildman–Crippen MR) is 57.6 cm³/mol. The molecular weight excluding hydrogens is 242 g/mol. The molecule has 0 bridgehead atoms. The highest BCUT2D eigenvalue weighted by molar-refractivity contribution is 6.20. The summed E-state index contributed by atoms with van der Waals surface area (Å²) in [5, 5.41) is 10.8. The molecule has 1 unspecified atom stereocenters. The van der Waals surface area contributed by atoms with Crippen molar-refractivity contribution in [2.45, 2.75) is 13.1 Å². The van der Waals surface area contributed by atoms with Crippen LogP contribution in [-0.4, -0.2) is 28.0 Å². The van der Waals surface area contributed by atoms with Crippen molar-refractivity contribution < 1.29 is 19.5 Å². The molecule has 1 N–H and O–H groups in total. The highest BCUT2D eigenvalue weighted by atomic mass is 16.8. The van der Waals surface area contributed by atoms with Crippen LogP contribution in [0.1, 0.15) is 27.6 Å². The average Bonchev–Trinajstić information content (AvgIpc) is 2.60. The first-order chi connectivity index (χ1) is 8.52. The van der Waals surface area contributed by atoms with Gasteiger partial charge in [-0.3, -0.25) is 19.7 Å². The number of hydrogen-bond acceptors (Lipinski definition) is 6. The number of nitro groups is 1. The molecule has 0 spiro atoms. The molecule has 94 valence electrons. The Morgan fingerprint density at radius 1 is 1.28 bits per heavy atom. The molecule has 1 aromatic rings. The van der Waals surface area contributed by atoms with Gasteiger partial charge in [0.05, 0.1) is 11.1 Å². The van der Waals surface area contributed by atoms with Crippen molar-refractivity contribution in [3.05, 3.63) is 45.5 Å². The summed E-state index contributed by atoms with van der Waals surface area (Å²) >= 11 is 0. The van der Waals surface area contributed by atoms with Crippen LogP contribution < -0.4 is 5.48 Å². The van der Waals surface area contributed by atoms with Crippen molar-refractivity contribution >= 4 is 11.8 Å². The SMILES string of the molecule is CC(NON1C(=O)c2ccccc2C1=O)[N+](=O)[O-]. The normalized spacial score (nSPS) is 15.7. The van der Waals surface area contributed by atoms with Crippen LogP contribution >= 0.6 is 0 Å². The molecular formula is C10H9N3O5. The fourth-order valence-corrected chi connectivity index (χ4v) is 1.42. The van der Waals surface area contributed by atoms with E-state index < -0.39 is 22.9 Å². The molecule has 8 heteroatoms. The van der Waals surface area contributed by atoms with Gasteiger partial charge in [0.15, 0.2) is 0 Å². The smallest absolute Gasteiger partial charge is 0.266 e. The third-order valence-corrected chi connectivity index (χ3v) is 2.39. The fourth-order valence-electron chi connectivity index (χ4n) is 1.42. The summed E-state index contributed by atoms with van der Waals surface area (Å²) in [5.41, 5.74) is 2.42. The van der Waals surface area contributed by atoms with Gasteiger partial charge < -0.3 is 0 Å². The third kappa shape index (κ3) is 1.94. The molecule has 2 rings (SSSR count). The third-order valence-electron chi connectivity index (χ3n) is 2.39. The molecule has 2 amide bonds. The van der Waals surface area contributed by atoms with Crippen molar-refractivity contribution in [3.63, 3.8) is 0 Å². The largest absolute Gasteiger partial charge is 0.287 e. The lowest BCUT2D eigenvalue weighted by atomic mass is 10.1. The Hall–Kier alpha value is -2.32. The topological polar surface area (TPSA) is 102 Å². The maximum atomic E-state index is 11.8. The summed E-state index contributed by atoms with van der Waals surface area (Å²) in [6.07, 6.45) is -1.24. The van der Waals surface area contributed by atoms with E-state index in [0.717, 1.165) is 0 Å². The zero-order chi connectivity index (χ0) is 13.3. The first-order valence-electron chi connectivity index (χ1n) is 5.06. The summed E-state index contributed by atoms with van der Waals surface area (Å²) in [6, 6.07) is 6.19. The number of carbonyl (C=O) groups is 2. The van der Waals surface area contributed by atoms with E-state index in [1.54, 1.807) is 12.1 Å². The maximum absolute atomic E-state index is 11.8. The van der Waals surface area contributed by atoms with Crippen LogP contribution in [0.4, 0.5) is 0 Å². The van der Waals surface area contributed by atoms with Crippen molar-refractivity contribution in [1.29, 1.82) is 0 Å². The summed E-state index contributed by atoms with van der Waals surface area (Å²) in [5.74, 6) is -1.31. The van der Waals surface area contributed by atoms with E-state index >= 15 is 0 Å². The van der Waals surface area contributed by atoms with Gasteiger partial charge in [-0.25, -0.2) is 0 Å². The van der Waals surface area contributed by atoms with E-state index in [4.69, 9.17) is 0 Å². The van der Waals surface area contributed by atoms with Gasteiger partial charge in [-0.1, -0.05) is 12.1 Å². The predicted octanol–water partition coefficient (Wildman–Crippen LogP) is 0.341. The van der Waals surface area contributed by atoms with Crippen LogP contribution in [0.5, 0.6) is 0 Å². The number of nitrogens with one attached hydrogen (secondary N) is 1. The van der Waals surface area contributed by atoms with Gasteiger partial charge in [0.25, 0.3) is 18.0 Å². The molecule has 1 atom stereocenters. The first kappa shape index (κ1) is 12.1. The summed E-state index contributed by atoms with van der Waals surface area (Å²) < 4.78 is 0. The van der Waals surface area contributed by atoms with Gasteiger partial charge in [0, 0.05) is 11.8 Å². The van der Waals surface area contributed by atoms with E-state index in [2.05, 4.69) is 4.94 Å². The average molecular weight is 251 g/mol. The number of fused-ring (bicyclic) bond motifs is 1. The van der Waals surface area contributed by atoms with Crippen molar-refractivity contribution in [1.82, 2.24) is 10.5 Å². The number of nitrogens with zero attached hydrogens (tertiary/aromatic N) is 2. The molecule has 1 heterocycles. The van der Waals surface area contributed by atoms with Crippen molar-refractivity contribution in [2.75, 3.05) is 0 Å². The van der Waals surface area contributed by atoms with E-state index in [-0.39, 0.29) is 11.1 Å². The lowest BCUT2D eigenvalue weighted by molar-refractivity contribution is -0.541. The van der Waals surface area contributed by atoms with Crippen LogP contribution in [0.2, 0.25) is 0 Å². The van der Waals surface area contributed by atoms with Crippen molar-refractivity contribution in [2.24, 2.45) is 0 Å². The molecule has 18 heavy (non-hydrogen) atoms. The number of hydrogen-bond donors (Lipinski definition) is 1. The number of amides is 2. The van der Waals surface area contributed by atoms with E-state index in [0.29, 0.717) is 5.06 Å². The summed E-state index contributed by atoms with van der Waals surface area (Å²) in [4.78, 5) is 37.9. The molecule has 1 aliphatic rings. The number of benzene rings is 1. The van der Waals surface area contributed by atoms with Crippen LogP contribution in [-0.2, 0) is 4.94 Å². The monoisotopic (exact) mass is 251 g/mol. The summed E-state index contributed by atoms with van der Waals surface area (Å²) in [6.45, 7) is 1.22. The highest BCUT2D eigenvalue weighted by Gasteiger charge is 2.37. The minimum atomic E-state index is -1.24. The fraction of sp³-hybridized carbons (Fsp3) is 0.200. The van der Waals surface area contributed by atoms with Gasteiger partial charge in [-0.2, -0.15) is 4.94 Å². The number of rotatable bonds is 4. The second kappa shape index (κ2) is 4.51. The van der Waals surface area contributed by atoms with Crippen molar-refractivity contribution in [3.8, 4) is 0 Å². The van der Waals surface area contributed by atoms with Gasteiger partial charge in [-0.05, 0) is 12.1 Å².